The lowest BCUT2D eigenvalue weighted by molar-refractivity contribution is -0.0498. The summed E-state index contributed by atoms with van der Waals surface area (Å²) in [5, 5.41) is 0. The van der Waals surface area contributed by atoms with Crippen molar-refractivity contribution in [2.45, 2.75) is 19.6 Å². The van der Waals surface area contributed by atoms with Gasteiger partial charge in [-0.1, -0.05) is 30.3 Å². The van der Waals surface area contributed by atoms with Crippen LogP contribution in [0.5, 0.6) is 11.5 Å². The molecule has 112 valence electrons. The van der Waals surface area contributed by atoms with Gasteiger partial charge in [-0.3, -0.25) is 0 Å². The summed E-state index contributed by atoms with van der Waals surface area (Å²) in [6.07, 6.45) is 0. The van der Waals surface area contributed by atoms with E-state index in [9.17, 15) is 8.78 Å². The Bertz CT molecular complexity index is 590. The second-order valence-corrected chi connectivity index (χ2v) is 4.40. The van der Waals surface area contributed by atoms with Crippen LogP contribution in [0.15, 0.2) is 48.5 Å². The summed E-state index contributed by atoms with van der Waals surface area (Å²) in [5.41, 5.74) is 7.70. The van der Waals surface area contributed by atoms with Crippen LogP contribution in [-0.4, -0.2) is 13.2 Å². The fourth-order valence-electron chi connectivity index (χ4n) is 2.09. The van der Waals surface area contributed by atoms with Crippen molar-refractivity contribution >= 4 is 0 Å². The van der Waals surface area contributed by atoms with Crippen LogP contribution < -0.4 is 15.2 Å². The largest absolute Gasteiger partial charge is 0.494 e. The quantitative estimate of drug-likeness (QED) is 0.882. The lowest BCUT2D eigenvalue weighted by atomic mass is 9.98. The summed E-state index contributed by atoms with van der Waals surface area (Å²) in [5.74, 6) is 0.777. The van der Waals surface area contributed by atoms with Crippen LogP contribution in [0.4, 0.5) is 8.78 Å². The van der Waals surface area contributed by atoms with Crippen LogP contribution in [0.25, 0.3) is 0 Å². The van der Waals surface area contributed by atoms with E-state index in [2.05, 4.69) is 4.74 Å². The molecule has 0 amide bonds. The van der Waals surface area contributed by atoms with Crippen molar-refractivity contribution in [3.8, 4) is 11.5 Å². The second-order valence-electron chi connectivity index (χ2n) is 4.40. The highest BCUT2D eigenvalue weighted by atomic mass is 19.3. The second kappa shape index (κ2) is 7.04. The monoisotopic (exact) mass is 293 g/mol. The molecule has 0 heterocycles. The minimum atomic E-state index is -2.85. The minimum absolute atomic E-state index is 0.0897. The molecule has 2 N–H and O–H groups in total. The van der Waals surface area contributed by atoms with E-state index in [1.165, 1.54) is 12.1 Å². The Kier molecular flexibility index (Phi) is 5.11. The third kappa shape index (κ3) is 3.92. The SMILES string of the molecule is CCOc1ccccc1C(N)c1cccc(OC(F)F)c1. The highest BCUT2D eigenvalue weighted by Crippen LogP contribution is 2.30. The average molecular weight is 293 g/mol. The highest BCUT2D eigenvalue weighted by molar-refractivity contribution is 5.43. The molecule has 1 unspecified atom stereocenters. The van der Waals surface area contributed by atoms with Crippen molar-refractivity contribution in [1.82, 2.24) is 0 Å². The maximum absolute atomic E-state index is 12.3. The molecule has 0 saturated carbocycles. The number of alkyl halides is 2. The molecule has 2 aromatic carbocycles. The molecule has 0 bridgehead atoms. The first-order valence-corrected chi connectivity index (χ1v) is 6.64. The number of ether oxygens (including phenoxy) is 2. The predicted molar refractivity (Wildman–Crippen MR) is 76.7 cm³/mol. The summed E-state index contributed by atoms with van der Waals surface area (Å²) in [7, 11) is 0. The smallest absolute Gasteiger partial charge is 0.387 e. The van der Waals surface area contributed by atoms with Crippen molar-refractivity contribution < 1.29 is 18.3 Å². The van der Waals surface area contributed by atoms with E-state index in [0.717, 1.165) is 5.56 Å². The van der Waals surface area contributed by atoms with E-state index in [-0.39, 0.29) is 5.75 Å². The van der Waals surface area contributed by atoms with E-state index in [1.54, 1.807) is 12.1 Å². The first-order chi connectivity index (χ1) is 10.1. The van der Waals surface area contributed by atoms with Crippen molar-refractivity contribution in [3.05, 3.63) is 59.7 Å². The third-order valence-electron chi connectivity index (χ3n) is 3.00. The highest BCUT2D eigenvalue weighted by Gasteiger charge is 2.15. The molecule has 0 aliphatic carbocycles. The lowest BCUT2D eigenvalue weighted by Gasteiger charge is -2.17. The van der Waals surface area contributed by atoms with E-state index in [4.69, 9.17) is 10.5 Å². The van der Waals surface area contributed by atoms with E-state index < -0.39 is 12.7 Å². The summed E-state index contributed by atoms with van der Waals surface area (Å²) >= 11 is 0. The van der Waals surface area contributed by atoms with Gasteiger partial charge in [0.25, 0.3) is 0 Å². The number of benzene rings is 2. The van der Waals surface area contributed by atoms with Crippen LogP contribution in [0, 0.1) is 0 Å². The minimum Gasteiger partial charge on any atom is -0.494 e. The number of hydrogen-bond acceptors (Lipinski definition) is 3. The van der Waals surface area contributed by atoms with Gasteiger partial charge in [0.05, 0.1) is 12.6 Å². The molecule has 5 heteroatoms. The van der Waals surface area contributed by atoms with Crippen LogP contribution in [0.3, 0.4) is 0 Å². The van der Waals surface area contributed by atoms with E-state index in [0.29, 0.717) is 17.9 Å². The molecule has 0 saturated heterocycles. The molecule has 2 aromatic rings. The van der Waals surface area contributed by atoms with Gasteiger partial charge in [0.15, 0.2) is 0 Å². The van der Waals surface area contributed by atoms with E-state index in [1.807, 2.05) is 31.2 Å². The lowest BCUT2D eigenvalue weighted by Crippen LogP contribution is -2.14. The number of para-hydroxylation sites is 1. The summed E-state index contributed by atoms with van der Waals surface area (Å²) in [6.45, 7) is -0.440. The van der Waals surface area contributed by atoms with Gasteiger partial charge in [0, 0.05) is 5.56 Å². The van der Waals surface area contributed by atoms with Gasteiger partial charge in [-0.25, -0.2) is 0 Å². The molecule has 0 aliphatic rings. The Hall–Kier alpha value is -2.14. The van der Waals surface area contributed by atoms with Crippen LogP contribution in [0.2, 0.25) is 0 Å². The Morgan fingerprint density at radius 3 is 2.57 bits per heavy atom. The molecule has 0 fully saturated rings. The normalized spacial score (nSPS) is 12.2. The molecule has 21 heavy (non-hydrogen) atoms. The zero-order chi connectivity index (χ0) is 15.2. The van der Waals surface area contributed by atoms with Crippen molar-refractivity contribution in [2.75, 3.05) is 6.61 Å². The van der Waals surface area contributed by atoms with Gasteiger partial charge in [-0.05, 0) is 30.7 Å². The van der Waals surface area contributed by atoms with Crippen molar-refractivity contribution in [3.63, 3.8) is 0 Å². The molecule has 0 aromatic heterocycles. The Morgan fingerprint density at radius 2 is 1.86 bits per heavy atom. The van der Waals surface area contributed by atoms with Gasteiger partial charge in [-0.2, -0.15) is 8.78 Å². The number of rotatable bonds is 6. The molecule has 0 radical (unpaired) electrons. The Balaban J connectivity index is 2.29. The number of hydrogen-bond donors (Lipinski definition) is 1. The van der Waals surface area contributed by atoms with Crippen molar-refractivity contribution in [2.24, 2.45) is 5.73 Å². The predicted octanol–water partition coefficient (Wildman–Crippen LogP) is 3.73. The fraction of sp³-hybridized carbons (Fsp3) is 0.250. The number of nitrogens with two attached hydrogens (primary N) is 1. The van der Waals surface area contributed by atoms with Gasteiger partial charge < -0.3 is 15.2 Å². The summed E-state index contributed by atoms with van der Waals surface area (Å²) in [6, 6.07) is 13.3. The van der Waals surface area contributed by atoms with Gasteiger partial charge in [0.2, 0.25) is 0 Å². The van der Waals surface area contributed by atoms with Crippen LogP contribution >= 0.6 is 0 Å². The first-order valence-electron chi connectivity index (χ1n) is 6.64. The summed E-state index contributed by atoms with van der Waals surface area (Å²) in [4.78, 5) is 0. The Morgan fingerprint density at radius 1 is 1.10 bits per heavy atom. The van der Waals surface area contributed by atoms with Gasteiger partial charge >= 0.3 is 6.61 Å². The topological polar surface area (TPSA) is 44.5 Å². The molecule has 0 aliphatic heterocycles. The molecule has 1 atom stereocenters. The van der Waals surface area contributed by atoms with E-state index >= 15 is 0 Å². The standard InChI is InChI=1S/C16H17F2NO2/c1-2-20-14-9-4-3-8-13(14)15(19)11-6-5-7-12(10-11)21-16(17)18/h3-10,15-16H,2,19H2,1H3. The average Bonchev–Trinajstić information content (AvgIpc) is 2.47. The number of halogens is 2. The maximum Gasteiger partial charge on any atom is 0.387 e. The first kappa shape index (κ1) is 15.3. The fourth-order valence-corrected chi connectivity index (χ4v) is 2.09. The Labute approximate surface area is 122 Å². The van der Waals surface area contributed by atoms with Crippen LogP contribution in [-0.2, 0) is 0 Å². The molecular formula is C16H17F2NO2. The molecular weight excluding hydrogens is 276 g/mol. The third-order valence-corrected chi connectivity index (χ3v) is 3.00. The van der Waals surface area contributed by atoms with Crippen LogP contribution in [0.1, 0.15) is 24.1 Å². The molecule has 3 nitrogen and oxygen atoms in total. The zero-order valence-electron chi connectivity index (χ0n) is 11.6. The molecule has 2 rings (SSSR count). The van der Waals surface area contributed by atoms with Gasteiger partial charge in [-0.15, -0.1) is 0 Å². The molecule has 0 spiro atoms. The zero-order valence-corrected chi connectivity index (χ0v) is 11.6. The van der Waals surface area contributed by atoms with Gasteiger partial charge in [0.1, 0.15) is 11.5 Å². The van der Waals surface area contributed by atoms with Crippen molar-refractivity contribution in [1.29, 1.82) is 0 Å². The maximum atomic E-state index is 12.3. The summed E-state index contributed by atoms with van der Waals surface area (Å²) < 4.78 is 34.5.